The Hall–Kier alpha value is -3.81. The number of H-pyrrole nitrogens is 1. The summed E-state index contributed by atoms with van der Waals surface area (Å²) < 4.78 is 45.2. The molecule has 1 amide bonds. The SMILES string of the molecule is CCOc1cc(C(F)(F)F)ccc1-c1c[nH]c2ncc(-c3cccc(C(=O)N(C)C)c3)cc12. The van der Waals surface area contributed by atoms with Crippen LogP contribution in [0, 0.1) is 0 Å². The number of rotatable bonds is 5. The molecule has 1 N–H and O–H groups in total. The quantitative estimate of drug-likeness (QED) is 0.402. The fourth-order valence-corrected chi connectivity index (χ4v) is 3.67. The van der Waals surface area contributed by atoms with Crippen molar-refractivity contribution in [3.8, 4) is 28.0 Å². The van der Waals surface area contributed by atoms with Crippen LogP contribution in [0.1, 0.15) is 22.8 Å². The van der Waals surface area contributed by atoms with Crippen LogP contribution in [0.5, 0.6) is 5.75 Å². The second-order valence-corrected chi connectivity index (χ2v) is 7.74. The molecule has 0 aliphatic carbocycles. The fraction of sp³-hybridized carbons (Fsp3) is 0.200. The summed E-state index contributed by atoms with van der Waals surface area (Å²) >= 11 is 0. The molecule has 33 heavy (non-hydrogen) atoms. The Morgan fingerprint density at radius 1 is 1.06 bits per heavy atom. The lowest BCUT2D eigenvalue weighted by atomic mass is 9.99. The summed E-state index contributed by atoms with van der Waals surface area (Å²) in [6.45, 7) is 1.95. The van der Waals surface area contributed by atoms with E-state index in [0.717, 1.165) is 28.6 Å². The molecule has 0 unspecified atom stereocenters. The second-order valence-electron chi connectivity index (χ2n) is 7.74. The van der Waals surface area contributed by atoms with Gasteiger partial charge in [-0.25, -0.2) is 4.98 Å². The van der Waals surface area contributed by atoms with Crippen LogP contribution in [0.2, 0.25) is 0 Å². The minimum atomic E-state index is -4.46. The molecule has 0 radical (unpaired) electrons. The highest BCUT2D eigenvalue weighted by atomic mass is 19.4. The molecule has 170 valence electrons. The van der Waals surface area contributed by atoms with Gasteiger partial charge in [-0.2, -0.15) is 13.2 Å². The van der Waals surface area contributed by atoms with Crippen LogP contribution in [0.4, 0.5) is 13.2 Å². The van der Waals surface area contributed by atoms with Gasteiger partial charge in [-0.3, -0.25) is 4.79 Å². The Labute approximate surface area is 188 Å². The number of ether oxygens (including phenoxy) is 1. The molecule has 0 aliphatic rings. The Morgan fingerprint density at radius 3 is 2.55 bits per heavy atom. The highest BCUT2D eigenvalue weighted by Gasteiger charge is 2.31. The molecule has 4 rings (SSSR count). The number of aromatic amines is 1. The third-order valence-corrected chi connectivity index (χ3v) is 5.28. The van der Waals surface area contributed by atoms with E-state index in [4.69, 9.17) is 4.74 Å². The van der Waals surface area contributed by atoms with Gasteiger partial charge in [0.05, 0.1) is 12.2 Å². The molecule has 0 atom stereocenters. The minimum absolute atomic E-state index is 0.112. The predicted molar refractivity (Wildman–Crippen MR) is 121 cm³/mol. The smallest absolute Gasteiger partial charge is 0.416 e. The van der Waals surface area contributed by atoms with E-state index in [-0.39, 0.29) is 18.3 Å². The zero-order chi connectivity index (χ0) is 23.8. The van der Waals surface area contributed by atoms with Crippen molar-refractivity contribution in [2.75, 3.05) is 20.7 Å². The van der Waals surface area contributed by atoms with Gasteiger partial charge in [0.15, 0.2) is 0 Å². The van der Waals surface area contributed by atoms with Gasteiger partial charge in [-0.15, -0.1) is 0 Å². The molecule has 5 nitrogen and oxygen atoms in total. The van der Waals surface area contributed by atoms with Crippen LogP contribution in [-0.2, 0) is 6.18 Å². The van der Waals surface area contributed by atoms with Gasteiger partial charge in [-0.05, 0) is 48.9 Å². The maximum atomic E-state index is 13.2. The summed E-state index contributed by atoms with van der Waals surface area (Å²) in [5, 5.41) is 0.734. The average Bonchev–Trinajstić information content (AvgIpc) is 3.21. The second kappa shape index (κ2) is 8.61. The Morgan fingerprint density at radius 2 is 1.85 bits per heavy atom. The highest BCUT2D eigenvalue weighted by Crippen LogP contribution is 2.40. The lowest BCUT2D eigenvalue weighted by Gasteiger charge is -2.14. The number of nitrogens with zero attached hydrogens (tertiary/aromatic N) is 2. The normalized spacial score (nSPS) is 11.6. The maximum Gasteiger partial charge on any atom is 0.416 e. The van der Waals surface area contributed by atoms with E-state index < -0.39 is 11.7 Å². The molecule has 0 bridgehead atoms. The summed E-state index contributed by atoms with van der Waals surface area (Å²) in [5.41, 5.74) is 3.17. The van der Waals surface area contributed by atoms with Crippen LogP contribution >= 0.6 is 0 Å². The van der Waals surface area contributed by atoms with Crippen LogP contribution in [0.3, 0.4) is 0 Å². The van der Waals surface area contributed by atoms with Crippen LogP contribution in [0.25, 0.3) is 33.3 Å². The number of nitrogens with one attached hydrogen (secondary N) is 1. The summed E-state index contributed by atoms with van der Waals surface area (Å²) in [6.07, 6.45) is -1.06. The third kappa shape index (κ3) is 4.41. The molecule has 0 saturated carbocycles. The van der Waals surface area contributed by atoms with E-state index in [1.165, 1.54) is 11.0 Å². The van der Waals surface area contributed by atoms with Crippen molar-refractivity contribution in [2.45, 2.75) is 13.1 Å². The molecular weight excluding hydrogens is 431 g/mol. The summed E-state index contributed by atoms with van der Waals surface area (Å²) in [5.74, 6) is 0.0385. The molecule has 0 spiro atoms. The summed E-state index contributed by atoms with van der Waals surface area (Å²) in [6, 6.07) is 12.6. The van der Waals surface area contributed by atoms with E-state index >= 15 is 0 Å². The van der Waals surface area contributed by atoms with Crippen molar-refractivity contribution in [1.82, 2.24) is 14.9 Å². The lowest BCUT2D eigenvalue weighted by Crippen LogP contribution is -2.21. The first-order valence-corrected chi connectivity index (χ1v) is 10.3. The number of amides is 1. The van der Waals surface area contributed by atoms with E-state index in [1.807, 2.05) is 12.1 Å². The summed E-state index contributed by atoms with van der Waals surface area (Å²) in [7, 11) is 3.38. The molecule has 0 saturated heterocycles. The number of fused-ring (bicyclic) bond motifs is 1. The minimum Gasteiger partial charge on any atom is -0.493 e. The van der Waals surface area contributed by atoms with Gasteiger partial charge >= 0.3 is 6.18 Å². The van der Waals surface area contributed by atoms with Crippen LogP contribution < -0.4 is 4.74 Å². The van der Waals surface area contributed by atoms with Gasteiger partial charge in [0, 0.05) is 54.1 Å². The lowest BCUT2D eigenvalue weighted by molar-refractivity contribution is -0.137. The molecular formula is C25H22F3N3O2. The zero-order valence-corrected chi connectivity index (χ0v) is 18.3. The van der Waals surface area contributed by atoms with Crippen molar-refractivity contribution in [3.63, 3.8) is 0 Å². The fourth-order valence-electron chi connectivity index (χ4n) is 3.67. The van der Waals surface area contributed by atoms with E-state index in [0.29, 0.717) is 22.3 Å². The molecule has 0 fully saturated rings. The van der Waals surface area contributed by atoms with Gasteiger partial charge < -0.3 is 14.6 Å². The van der Waals surface area contributed by atoms with E-state index in [1.54, 1.807) is 51.6 Å². The number of benzene rings is 2. The monoisotopic (exact) mass is 453 g/mol. The highest BCUT2D eigenvalue weighted by molar-refractivity contribution is 5.98. The number of alkyl halides is 3. The predicted octanol–water partition coefficient (Wildman–Crippen LogP) is 6.02. The molecule has 2 aromatic heterocycles. The van der Waals surface area contributed by atoms with Crippen LogP contribution in [-0.4, -0.2) is 41.5 Å². The zero-order valence-electron chi connectivity index (χ0n) is 18.3. The average molecular weight is 453 g/mol. The largest absolute Gasteiger partial charge is 0.493 e. The van der Waals surface area contributed by atoms with Crippen LogP contribution in [0.15, 0.2) is 60.9 Å². The number of hydrogen-bond donors (Lipinski definition) is 1. The number of hydrogen-bond acceptors (Lipinski definition) is 3. The van der Waals surface area contributed by atoms with Crippen molar-refractivity contribution in [1.29, 1.82) is 0 Å². The Bertz CT molecular complexity index is 1330. The summed E-state index contributed by atoms with van der Waals surface area (Å²) in [4.78, 5) is 21.4. The van der Waals surface area contributed by atoms with Gasteiger partial charge in [0.25, 0.3) is 5.91 Å². The number of halogens is 3. The topological polar surface area (TPSA) is 58.2 Å². The third-order valence-electron chi connectivity index (χ3n) is 5.28. The number of carbonyl (C=O) groups excluding carboxylic acids is 1. The van der Waals surface area contributed by atoms with Crippen molar-refractivity contribution in [2.24, 2.45) is 0 Å². The maximum absolute atomic E-state index is 13.2. The van der Waals surface area contributed by atoms with Crippen molar-refractivity contribution >= 4 is 16.9 Å². The van der Waals surface area contributed by atoms with Gasteiger partial charge in [0.2, 0.25) is 0 Å². The molecule has 2 heterocycles. The number of carbonyl (C=O) groups is 1. The first kappa shape index (κ1) is 22.4. The van der Waals surface area contributed by atoms with Crippen molar-refractivity contribution < 1.29 is 22.7 Å². The number of pyridine rings is 1. The van der Waals surface area contributed by atoms with E-state index in [2.05, 4.69) is 9.97 Å². The van der Waals surface area contributed by atoms with Crippen molar-refractivity contribution in [3.05, 3.63) is 72.1 Å². The van der Waals surface area contributed by atoms with Gasteiger partial charge in [-0.1, -0.05) is 12.1 Å². The molecule has 8 heteroatoms. The molecule has 4 aromatic rings. The standard InChI is InChI=1S/C25H22F3N3O2/c1-4-33-22-12-18(25(26,27)28)8-9-19(22)21-14-30-23-20(21)11-17(13-29-23)15-6-5-7-16(10-15)24(32)31(2)3/h5-14H,4H2,1-3H3,(H,29,30). The number of aromatic nitrogens is 2. The Balaban J connectivity index is 1.82. The Kier molecular flexibility index (Phi) is 5.84. The first-order chi connectivity index (χ1) is 15.7. The molecule has 0 aliphatic heterocycles. The van der Waals surface area contributed by atoms with E-state index in [9.17, 15) is 18.0 Å². The van der Waals surface area contributed by atoms with Gasteiger partial charge in [0.1, 0.15) is 11.4 Å². The molecule has 2 aromatic carbocycles. The first-order valence-electron chi connectivity index (χ1n) is 10.3.